The summed E-state index contributed by atoms with van der Waals surface area (Å²) in [6, 6.07) is 19.8. The summed E-state index contributed by atoms with van der Waals surface area (Å²) in [7, 11) is -3.38. The van der Waals surface area contributed by atoms with E-state index in [1.54, 1.807) is 0 Å². The molecular weight excluding hydrogens is 456 g/mol. The van der Waals surface area contributed by atoms with E-state index in [-0.39, 0.29) is 16.8 Å². The first-order valence-corrected chi connectivity index (χ1v) is 12.1. The Morgan fingerprint density at radius 3 is 2.47 bits per heavy atom. The lowest BCUT2D eigenvalue weighted by molar-refractivity contribution is -0.116. The van der Waals surface area contributed by atoms with E-state index in [1.165, 1.54) is 18.3 Å². The van der Waals surface area contributed by atoms with Gasteiger partial charge in [0.1, 0.15) is 5.69 Å². The van der Waals surface area contributed by atoms with E-state index >= 15 is 0 Å². The molecular formula is C23H18N6O4S. The van der Waals surface area contributed by atoms with E-state index in [4.69, 9.17) is 4.42 Å². The fourth-order valence-corrected chi connectivity index (χ4v) is 3.97. The summed E-state index contributed by atoms with van der Waals surface area (Å²) in [5, 5.41) is 13.6. The number of carbonyl (C=O) groups is 1. The fourth-order valence-electron chi connectivity index (χ4n) is 3.41. The molecule has 2 aromatic heterocycles. The summed E-state index contributed by atoms with van der Waals surface area (Å²) in [5.74, 6) is -0.333. The third kappa shape index (κ3) is 4.28. The van der Waals surface area contributed by atoms with Gasteiger partial charge in [0.25, 0.3) is 11.8 Å². The number of nitrogens with one attached hydrogen (secondary N) is 2. The predicted octanol–water partition coefficient (Wildman–Crippen LogP) is 2.76. The number of benzene rings is 2. The molecule has 10 nitrogen and oxygen atoms in total. The number of hydrogen-bond acceptors (Lipinski definition) is 9. The summed E-state index contributed by atoms with van der Waals surface area (Å²) in [4.78, 5) is 21.7. The van der Waals surface area contributed by atoms with Crippen LogP contribution in [0.3, 0.4) is 0 Å². The van der Waals surface area contributed by atoms with Crippen molar-refractivity contribution in [2.75, 3.05) is 16.9 Å². The number of carbonyl (C=O) groups excluding carboxylic acids is 1. The van der Waals surface area contributed by atoms with Crippen LogP contribution in [-0.2, 0) is 14.6 Å². The molecule has 1 amide bonds. The van der Waals surface area contributed by atoms with Gasteiger partial charge in [0.2, 0.25) is 6.17 Å². The molecule has 2 aromatic carbocycles. The number of sulfone groups is 1. The highest BCUT2D eigenvalue weighted by molar-refractivity contribution is 7.90. The van der Waals surface area contributed by atoms with Crippen LogP contribution >= 0.6 is 0 Å². The summed E-state index contributed by atoms with van der Waals surface area (Å²) in [6.07, 6.45) is 1.27. The maximum atomic E-state index is 12.9. The van der Waals surface area contributed by atoms with Gasteiger partial charge in [0.15, 0.2) is 9.84 Å². The first kappa shape index (κ1) is 21.5. The molecule has 0 spiro atoms. The lowest BCUT2D eigenvalue weighted by atomic mass is 10.0. The zero-order valence-electron chi connectivity index (χ0n) is 17.8. The molecule has 0 radical (unpaired) electrons. The molecule has 170 valence electrons. The number of fused-ring (bicyclic) bond motifs is 1. The van der Waals surface area contributed by atoms with Crippen LogP contribution in [0.1, 0.15) is 11.1 Å². The van der Waals surface area contributed by atoms with Crippen LogP contribution in [-0.4, -0.2) is 47.6 Å². The normalized spacial score (nSPS) is 15.6. The van der Waals surface area contributed by atoms with Crippen molar-refractivity contribution in [3.8, 4) is 11.6 Å². The second-order valence-electron chi connectivity index (χ2n) is 7.49. The molecule has 0 aliphatic carbocycles. The number of anilines is 2. The maximum Gasteiger partial charge on any atom is 0.317 e. The Hall–Kier alpha value is -4.38. The van der Waals surface area contributed by atoms with Gasteiger partial charge >= 0.3 is 6.01 Å². The Morgan fingerprint density at radius 1 is 0.971 bits per heavy atom. The third-order valence-corrected chi connectivity index (χ3v) is 6.16. The Labute approximate surface area is 194 Å². The smallest absolute Gasteiger partial charge is 0.317 e. The van der Waals surface area contributed by atoms with Gasteiger partial charge in [-0.15, -0.1) is 5.10 Å². The Balaban J connectivity index is 1.45. The predicted molar refractivity (Wildman–Crippen MR) is 125 cm³/mol. The van der Waals surface area contributed by atoms with Gasteiger partial charge in [-0.3, -0.25) is 4.79 Å². The van der Waals surface area contributed by atoms with E-state index in [2.05, 4.69) is 30.8 Å². The number of hydrogen-bond donors (Lipinski definition) is 2. The van der Waals surface area contributed by atoms with Crippen molar-refractivity contribution in [2.24, 2.45) is 4.99 Å². The van der Waals surface area contributed by atoms with Crippen LogP contribution in [0.15, 0.2) is 87.2 Å². The van der Waals surface area contributed by atoms with Gasteiger partial charge in [-0.1, -0.05) is 53.6 Å². The van der Waals surface area contributed by atoms with Gasteiger partial charge in [-0.05, 0) is 18.2 Å². The molecule has 2 N–H and O–H groups in total. The Morgan fingerprint density at radius 2 is 1.74 bits per heavy atom. The topological polar surface area (TPSA) is 139 Å². The monoisotopic (exact) mass is 474 g/mol. The molecule has 1 aliphatic heterocycles. The van der Waals surface area contributed by atoms with E-state index in [0.29, 0.717) is 17.1 Å². The minimum Gasteiger partial charge on any atom is -0.402 e. The van der Waals surface area contributed by atoms with Crippen LogP contribution < -0.4 is 10.6 Å². The van der Waals surface area contributed by atoms with E-state index in [0.717, 1.165) is 17.4 Å². The number of pyridine rings is 1. The van der Waals surface area contributed by atoms with E-state index in [1.807, 2.05) is 54.6 Å². The molecule has 0 saturated heterocycles. The molecule has 34 heavy (non-hydrogen) atoms. The van der Waals surface area contributed by atoms with Crippen molar-refractivity contribution in [1.29, 1.82) is 0 Å². The first-order valence-electron chi connectivity index (χ1n) is 10.2. The van der Waals surface area contributed by atoms with Crippen molar-refractivity contribution in [2.45, 2.75) is 11.1 Å². The maximum absolute atomic E-state index is 12.9. The first-order chi connectivity index (χ1) is 16.4. The van der Waals surface area contributed by atoms with Crippen LogP contribution in [0, 0.1) is 0 Å². The molecule has 1 unspecified atom stereocenters. The molecule has 3 heterocycles. The van der Waals surface area contributed by atoms with Crippen LogP contribution in [0.25, 0.3) is 11.6 Å². The average Bonchev–Trinajstić information content (AvgIpc) is 3.25. The number of para-hydroxylation sites is 1. The fraction of sp³-hybridized carbons (Fsp3) is 0.0870. The second-order valence-corrected chi connectivity index (χ2v) is 9.50. The van der Waals surface area contributed by atoms with Crippen LogP contribution in [0.4, 0.5) is 11.7 Å². The van der Waals surface area contributed by atoms with Gasteiger partial charge in [-0.2, -0.15) is 0 Å². The lowest BCUT2D eigenvalue weighted by Crippen LogP contribution is -2.32. The van der Waals surface area contributed by atoms with Crippen LogP contribution in [0.2, 0.25) is 0 Å². The Bertz CT molecular complexity index is 1500. The number of aliphatic imine (C=N–C) groups is 1. The minimum atomic E-state index is -3.38. The summed E-state index contributed by atoms with van der Waals surface area (Å²) < 4.78 is 28.9. The zero-order chi connectivity index (χ0) is 23.7. The molecule has 0 bridgehead atoms. The number of nitrogens with zero attached hydrogens (tertiary/aromatic N) is 4. The average molecular weight is 475 g/mol. The molecule has 5 rings (SSSR count). The number of aromatic nitrogens is 3. The molecule has 0 fully saturated rings. The summed E-state index contributed by atoms with van der Waals surface area (Å²) in [5.41, 5.74) is 3.19. The van der Waals surface area contributed by atoms with E-state index in [9.17, 15) is 13.2 Å². The standard InChI is InChI=1S/C23H18N6O4S/c1-34(31,32)15-11-12-18(24-13-15)22-28-29-23(33-22)27-20-21(30)25-17-10-6-5-9-16(17)19(26-20)14-7-3-2-4-8-14/h2-13,20H,1H3,(H,25,30)(H,27,29). The van der Waals surface area contributed by atoms with Crippen LogP contribution in [0.5, 0.6) is 0 Å². The van der Waals surface area contributed by atoms with Crippen molar-refractivity contribution in [3.63, 3.8) is 0 Å². The number of rotatable bonds is 5. The Kier molecular flexibility index (Phi) is 5.38. The van der Waals surface area contributed by atoms with Gasteiger partial charge in [0.05, 0.1) is 16.3 Å². The van der Waals surface area contributed by atoms with Gasteiger partial charge < -0.3 is 15.1 Å². The quantitative estimate of drug-likeness (QED) is 0.450. The molecule has 0 saturated carbocycles. The summed E-state index contributed by atoms with van der Waals surface area (Å²) >= 11 is 0. The summed E-state index contributed by atoms with van der Waals surface area (Å²) in [6.45, 7) is 0. The van der Waals surface area contributed by atoms with Crippen molar-refractivity contribution in [1.82, 2.24) is 15.2 Å². The van der Waals surface area contributed by atoms with Crippen molar-refractivity contribution < 1.29 is 17.6 Å². The molecule has 4 aromatic rings. The number of amides is 1. The molecule has 1 atom stereocenters. The third-order valence-electron chi connectivity index (χ3n) is 5.06. The van der Waals surface area contributed by atoms with Gasteiger partial charge in [0, 0.05) is 23.6 Å². The zero-order valence-corrected chi connectivity index (χ0v) is 18.7. The van der Waals surface area contributed by atoms with E-state index < -0.39 is 21.9 Å². The highest BCUT2D eigenvalue weighted by atomic mass is 32.2. The second kappa shape index (κ2) is 8.52. The lowest BCUT2D eigenvalue weighted by Gasteiger charge is -2.11. The molecule has 1 aliphatic rings. The number of benzodiazepines with no additional fused rings is 1. The van der Waals surface area contributed by atoms with Crippen molar-refractivity contribution in [3.05, 3.63) is 84.1 Å². The SMILES string of the molecule is CS(=O)(=O)c1ccc(-c2nnc(NC3N=C(c4ccccc4)c4ccccc4NC3=O)o2)nc1. The van der Waals surface area contributed by atoms with Crippen molar-refractivity contribution >= 4 is 33.2 Å². The van der Waals surface area contributed by atoms with Gasteiger partial charge in [-0.25, -0.2) is 18.4 Å². The minimum absolute atomic E-state index is 0.0359. The highest BCUT2D eigenvalue weighted by Crippen LogP contribution is 2.25. The molecule has 11 heteroatoms. The highest BCUT2D eigenvalue weighted by Gasteiger charge is 2.27. The largest absolute Gasteiger partial charge is 0.402 e.